The molecule has 1 N–H and O–H groups in total. The summed E-state index contributed by atoms with van der Waals surface area (Å²) in [5.74, 6) is -0.639. The average Bonchev–Trinajstić information content (AvgIpc) is 2.30. The molecule has 1 fully saturated rings. The Kier molecular flexibility index (Phi) is 4.47. The van der Waals surface area contributed by atoms with Gasteiger partial charge in [-0.15, -0.1) is 0 Å². The third kappa shape index (κ3) is 3.61. The van der Waals surface area contributed by atoms with Crippen molar-refractivity contribution >= 4 is 11.8 Å². The van der Waals surface area contributed by atoms with Crippen molar-refractivity contribution in [3.63, 3.8) is 0 Å². The van der Waals surface area contributed by atoms with E-state index in [4.69, 9.17) is 0 Å². The lowest BCUT2D eigenvalue weighted by molar-refractivity contribution is -0.155. The van der Waals surface area contributed by atoms with E-state index in [0.29, 0.717) is 6.42 Å². The Balaban J connectivity index is 2.73. The molecule has 1 saturated heterocycles. The van der Waals surface area contributed by atoms with Crippen molar-refractivity contribution < 1.29 is 22.8 Å². The first kappa shape index (κ1) is 15.8. The Morgan fingerprint density at radius 2 is 1.95 bits per heavy atom. The highest BCUT2D eigenvalue weighted by atomic mass is 19.4. The van der Waals surface area contributed by atoms with Crippen LogP contribution >= 0.6 is 0 Å². The summed E-state index contributed by atoms with van der Waals surface area (Å²) >= 11 is 0. The highest BCUT2D eigenvalue weighted by Crippen LogP contribution is 2.25. The molecule has 2 unspecified atom stereocenters. The van der Waals surface area contributed by atoms with Crippen LogP contribution in [0.5, 0.6) is 0 Å². The number of hydrogen-bond donors (Lipinski definition) is 1. The van der Waals surface area contributed by atoms with E-state index < -0.39 is 24.2 Å². The first-order valence-corrected chi connectivity index (χ1v) is 6.30. The Morgan fingerprint density at radius 3 is 2.42 bits per heavy atom. The van der Waals surface area contributed by atoms with Gasteiger partial charge in [0.2, 0.25) is 11.8 Å². The quantitative estimate of drug-likeness (QED) is 0.854. The van der Waals surface area contributed by atoms with Gasteiger partial charge in [0, 0.05) is 13.0 Å². The van der Waals surface area contributed by atoms with Crippen LogP contribution in [-0.2, 0) is 9.59 Å². The van der Waals surface area contributed by atoms with Gasteiger partial charge in [-0.05, 0) is 26.7 Å². The summed E-state index contributed by atoms with van der Waals surface area (Å²) in [5, 5.41) is 2.63. The van der Waals surface area contributed by atoms with Crippen molar-refractivity contribution in [2.75, 3.05) is 6.54 Å². The van der Waals surface area contributed by atoms with Gasteiger partial charge in [0.1, 0.15) is 11.6 Å². The zero-order valence-electron chi connectivity index (χ0n) is 11.3. The fourth-order valence-electron chi connectivity index (χ4n) is 2.05. The molecular weight excluding hydrogens is 261 g/mol. The molecule has 1 heterocycles. The third-order valence-electron chi connectivity index (χ3n) is 3.55. The highest BCUT2D eigenvalue weighted by Gasteiger charge is 2.45. The fourth-order valence-corrected chi connectivity index (χ4v) is 2.05. The van der Waals surface area contributed by atoms with E-state index in [-0.39, 0.29) is 24.8 Å². The first-order chi connectivity index (χ1) is 8.60. The number of piperazine rings is 1. The van der Waals surface area contributed by atoms with Crippen LogP contribution in [0.1, 0.15) is 40.0 Å². The first-order valence-electron chi connectivity index (χ1n) is 6.30. The molecule has 4 nitrogen and oxygen atoms in total. The standard InChI is InChI=1S/C12H19F3N2O2/c1-4-11(3)10(19)17(8(2)9(18)16-11)7-5-6-12(13,14)15/h8H,4-7H2,1-3H3,(H,16,18). The lowest BCUT2D eigenvalue weighted by Crippen LogP contribution is -2.68. The zero-order chi connectivity index (χ0) is 14.8. The average molecular weight is 280 g/mol. The lowest BCUT2D eigenvalue weighted by atomic mass is 9.92. The van der Waals surface area contributed by atoms with E-state index >= 15 is 0 Å². The second-order valence-corrected chi connectivity index (χ2v) is 5.07. The van der Waals surface area contributed by atoms with E-state index in [1.807, 2.05) is 0 Å². The minimum absolute atomic E-state index is 0.0531. The van der Waals surface area contributed by atoms with E-state index in [9.17, 15) is 22.8 Å². The Labute approximate surface area is 110 Å². The van der Waals surface area contributed by atoms with Gasteiger partial charge in [0.05, 0.1) is 0 Å². The fraction of sp³-hybridized carbons (Fsp3) is 0.833. The second kappa shape index (κ2) is 5.38. The number of amides is 2. The maximum Gasteiger partial charge on any atom is 0.389 e. The van der Waals surface area contributed by atoms with Gasteiger partial charge in [0.15, 0.2) is 0 Å². The van der Waals surface area contributed by atoms with Crippen LogP contribution in [0, 0.1) is 0 Å². The molecule has 0 bridgehead atoms. The number of hydrogen-bond acceptors (Lipinski definition) is 2. The van der Waals surface area contributed by atoms with E-state index in [1.54, 1.807) is 13.8 Å². The number of carbonyl (C=O) groups excluding carboxylic acids is 2. The zero-order valence-corrected chi connectivity index (χ0v) is 11.3. The van der Waals surface area contributed by atoms with Gasteiger partial charge < -0.3 is 10.2 Å². The van der Waals surface area contributed by atoms with E-state index in [1.165, 1.54) is 11.8 Å². The molecule has 0 spiro atoms. The van der Waals surface area contributed by atoms with Crippen molar-refractivity contribution in [3.05, 3.63) is 0 Å². The molecule has 0 aromatic carbocycles. The van der Waals surface area contributed by atoms with Crippen LogP contribution < -0.4 is 5.32 Å². The lowest BCUT2D eigenvalue weighted by Gasteiger charge is -2.43. The van der Waals surface area contributed by atoms with Gasteiger partial charge in [-0.2, -0.15) is 13.2 Å². The van der Waals surface area contributed by atoms with Crippen LogP contribution in [0.3, 0.4) is 0 Å². The van der Waals surface area contributed by atoms with Crippen molar-refractivity contribution in [3.8, 4) is 0 Å². The SMILES string of the molecule is CCC1(C)NC(=O)C(C)N(CCCC(F)(F)F)C1=O. The van der Waals surface area contributed by atoms with Crippen LogP contribution in [0.2, 0.25) is 0 Å². The molecule has 1 aliphatic rings. The van der Waals surface area contributed by atoms with Crippen LogP contribution in [0.4, 0.5) is 13.2 Å². The monoisotopic (exact) mass is 280 g/mol. The largest absolute Gasteiger partial charge is 0.389 e. The maximum absolute atomic E-state index is 12.2. The van der Waals surface area contributed by atoms with Crippen molar-refractivity contribution in [2.45, 2.75) is 57.8 Å². The molecule has 2 amide bonds. The summed E-state index contributed by atoms with van der Waals surface area (Å²) < 4.78 is 36.3. The molecule has 0 aliphatic carbocycles. The number of rotatable bonds is 4. The molecule has 2 atom stereocenters. The molecule has 1 aliphatic heterocycles. The molecule has 7 heteroatoms. The minimum atomic E-state index is -4.24. The van der Waals surface area contributed by atoms with Gasteiger partial charge in [-0.3, -0.25) is 9.59 Å². The molecule has 1 rings (SSSR count). The van der Waals surface area contributed by atoms with Gasteiger partial charge in [-0.25, -0.2) is 0 Å². The smallest absolute Gasteiger partial charge is 0.340 e. The van der Waals surface area contributed by atoms with Gasteiger partial charge >= 0.3 is 6.18 Å². The van der Waals surface area contributed by atoms with E-state index in [2.05, 4.69) is 5.32 Å². The molecule has 0 saturated carbocycles. The summed E-state index contributed by atoms with van der Waals surface area (Å²) in [6.07, 6.45) is -4.97. The van der Waals surface area contributed by atoms with Gasteiger partial charge in [0.25, 0.3) is 0 Å². The number of carbonyl (C=O) groups is 2. The Bertz CT molecular complexity index is 370. The predicted octanol–water partition coefficient (Wildman–Crippen LogP) is 1.84. The summed E-state index contributed by atoms with van der Waals surface area (Å²) in [7, 11) is 0. The third-order valence-corrected chi connectivity index (χ3v) is 3.55. The van der Waals surface area contributed by atoms with E-state index in [0.717, 1.165) is 0 Å². The van der Waals surface area contributed by atoms with Crippen molar-refractivity contribution in [1.82, 2.24) is 10.2 Å². The Hall–Kier alpha value is -1.27. The molecule has 0 aromatic heterocycles. The highest BCUT2D eigenvalue weighted by molar-refractivity contribution is 5.99. The molecule has 0 aromatic rings. The number of nitrogens with zero attached hydrogens (tertiary/aromatic N) is 1. The summed E-state index contributed by atoms with van der Waals surface area (Å²) in [6, 6.07) is -0.722. The van der Waals surface area contributed by atoms with Crippen LogP contribution in [0.15, 0.2) is 0 Å². The normalized spacial score (nSPS) is 28.5. The van der Waals surface area contributed by atoms with Gasteiger partial charge in [-0.1, -0.05) is 6.92 Å². The number of alkyl halides is 3. The van der Waals surface area contributed by atoms with Crippen LogP contribution in [-0.4, -0.2) is 41.0 Å². The van der Waals surface area contributed by atoms with Crippen LogP contribution in [0.25, 0.3) is 0 Å². The topological polar surface area (TPSA) is 49.4 Å². The Morgan fingerprint density at radius 1 is 1.37 bits per heavy atom. The molecule has 0 radical (unpaired) electrons. The number of halogens is 3. The molecule has 110 valence electrons. The summed E-state index contributed by atoms with van der Waals surface area (Å²) in [5.41, 5.74) is -1.01. The summed E-state index contributed by atoms with van der Waals surface area (Å²) in [6.45, 7) is 4.82. The second-order valence-electron chi connectivity index (χ2n) is 5.07. The number of nitrogens with one attached hydrogen (secondary N) is 1. The summed E-state index contributed by atoms with van der Waals surface area (Å²) in [4.78, 5) is 25.2. The maximum atomic E-state index is 12.2. The predicted molar refractivity (Wildman–Crippen MR) is 63.3 cm³/mol. The molecule has 19 heavy (non-hydrogen) atoms. The van der Waals surface area contributed by atoms with Crippen molar-refractivity contribution in [2.24, 2.45) is 0 Å². The molecular formula is C12H19F3N2O2. The minimum Gasteiger partial charge on any atom is -0.340 e. The van der Waals surface area contributed by atoms with Crippen molar-refractivity contribution in [1.29, 1.82) is 0 Å².